The van der Waals surface area contributed by atoms with E-state index < -0.39 is 12.0 Å². The molecule has 0 saturated carbocycles. The maximum Gasteiger partial charge on any atom is 0.451 e. The van der Waals surface area contributed by atoms with Crippen molar-refractivity contribution >= 4 is 16.7 Å². The Morgan fingerprint density at radius 1 is 1.04 bits per heavy atom. The first kappa shape index (κ1) is 17.0. The number of nitrogens with one attached hydrogen (secondary N) is 1. The molecule has 1 atom stereocenters. The lowest BCUT2D eigenvalue weighted by Gasteiger charge is -2.18. The van der Waals surface area contributed by atoms with Crippen LogP contribution >= 0.6 is 0 Å². The van der Waals surface area contributed by atoms with Gasteiger partial charge in [0, 0.05) is 17.5 Å². The van der Waals surface area contributed by atoms with Crippen LogP contribution in [0.1, 0.15) is 24.4 Å². The van der Waals surface area contributed by atoms with Gasteiger partial charge < -0.3 is 10.1 Å². The number of fused-ring (bicyclic) bond motifs is 1. The maximum atomic E-state index is 13.2. The summed E-state index contributed by atoms with van der Waals surface area (Å²) in [6, 6.07) is 14.0. The molecule has 0 spiro atoms. The van der Waals surface area contributed by atoms with Gasteiger partial charge in [-0.1, -0.05) is 30.3 Å². The third kappa shape index (κ3) is 3.65. The largest absolute Gasteiger partial charge is 0.497 e. The molecule has 7 heteroatoms. The summed E-state index contributed by atoms with van der Waals surface area (Å²) >= 11 is 0. The van der Waals surface area contributed by atoms with Crippen molar-refractivity contribution in [2.75, 3.05) is 12.4 Å². The fraction of sp³-hybridized carbons (Fsp3) is 0.222. The van der Waals surface area contributed by atoms with Gasteiger partial charge >= 0.3 is 6.18 Å². The second kappa shape index (κ2) is 6.58. The van der Waals surface area contributed by atoms with Crippen LogP contribution in [0.15, 0.2) is 48.5 Å². The van der Waals surface area contributed by atoms with Crippen molar-refractivity contribution in [1.82, 2.24) is 9.97 Å². The van der Waals surface area contributed by atoms with E-state index in [2.05, 4.69) is 15.3 Å². The summed E-state index contributed by atoms with van der Waals surface area (Å²) in [5.41, 5.74) is 1.11. The molecule has 0 aliphatic heterocycles. The molecule has 3 rings (SSSR count). The van der Waals surface area contributed by atoms with Crippen LogP contribution in [0.3, 0.4) is 0 Å². The summed E-state index contributed by atoms with van der Waals surface area (Å²) in [6.07, 6.45) is -4.64. The van der Waals surface area contributed by atoms with Crippen LogP contribution in [0.4, 0.5) is 19.0 Å². The van der Waals surface area contributed by atoms with Crippen LogP contribution in [-0.2, 0) is 6.18 Å². The maximum absolute atomic E-state index is 13.2. The summed E-state index contributed by atoms with van der Waals surface area (Å²) in [7, 11) is 1.45. The molecule has 0 aliphatic rings. The number of anilines is 1. The number of hydrogen-bond donors (Lipinski definition) is 1. The highest BCUT2D eigenvalue weighted by molar-refractivity contribution is 5.90. The zero-order chi connectivity index (χ0) is 18.0. The normalized spacial score (nSPS) is 12.8. The SMILES string of the molecule is COc1ccc2c(NC(C)c3ccccc3)nc(C(F)(F)F)nc2c1. The predicted molar refractivity (Wildman–Crippen MR) is 89.6 cm³/mol. The molecule has 130 valence electrons. The third-order valence-electron chi connectivity index (χ3n) is 3.81. The van der Waals surface area contributed by atoms with Gasteiger partial charge in [-0.15, -0.1) is 0 Å². The lowest BCUT2D eigenvalue weighted by atomic mass is 10.1. The average Bonchev–Trinajstić information content (AvgIpc) is 2.61. The van der Waals surface area contributed by atoms with Crippen molar-refractivity contribution in [2.45, 2.75) is 19.1 Å². The number of halogens is 3. The van der Waals surface area contributed by atoms with E-state index in [0.717, 1.165) is 5.56 Å². The summed E-state index contributed by atoms with van der Waals surface area (Å²) < 4.78 is 44.5. The number of rotatable bonds is 4. The molecule has 4 nitrogen and oxygen atoms in total. The minimum absolute atomic E-state index is 0.135. The fourth-order valence-electron chi connectivity index (χ4n) is 2.50. The third-order valence-corrected chi connectivity index (χ3v) is 3.81. The molecule has 0 radical (unpaired) electrons. The first-order chi connectivity index (χ1) is 11.9. The Balaban J connectivity index is 2.08. The van der Waals surface area contributed by atoms with E-state index in [1.807, 2.05) is 37.3 Å². The zero-order valence-corrected chi connectivity index (χ0v) is 13.6. The van der Waals surface area contributed by atoms with Crippen molar-refractivity contribution in [2.24, 2.45) is 0 Å². The predicted octanol–water partition coefficient (Wildman–Crippen LogP) is 4.83. The van der Waals surface area contributed by atoms with E-state index >= 15 is 0 Å². The molecule has 1 unspecified atom stereocenters. The molecule has 3 aromatic rings. The number of ether oxygens (including phenoxy) is 1. The Hall–Kier alpha value is -2.83. The highest BCUT2D eigenvalue weighted by Crippen LogP contribution is 2.33. The van der Waals surface area contributed by atoms with E-state index in [-0.39, 0.29) is 17.4 Å². The van der Waals surface area contributed by atoms with Gasteiger partial charge in [0.05, 0.1) is 12.6 Å². The summed E-state index contributed by atoms with van der Waals surface area (Å²) in [6.45, 7) is 1.86. The Kier molecular flexibility index (Phi) is 4.48. The van der Waals surface area contributed by atoms with Crippen molar-refractivity contribution in [1.29, 1.82) is 0 Å². The number of hydrogen-bond acceptors (Lipinski definition) is 4. The number of alkyl halides is 3. The van der Waals surface area contributed by atoms with E-state index in [1.165, 1.54) is 13.2 Å². The quantitative estimate of drug-likeness (QED) is 0.734. The fourth-order valence-corrected chi connectivity index (χ4v) is 2.50. The molecule has 0 aliphatic carbocycles. The van der Waals surface area contributed by atoms with Crippen LogP contribution in [0.25, 0.3) is 10.9 Å². The lowest BCUT2D eigenvalue weighted by molar-refractivity contribution is -0.144. The molecule has 1 N–H and O–H groups in total. The molecular weight excluding hydrogens is 331 g/mol. The van der Waals surface area contributed by atoms with Gasteiger partial charge in [0.15, 0.2) is 0 Å². The Morgan fingerprint density at radius 2 is 1.76 bits per heavy atom. The highest BCUT2D eigenvalue weighted by Gasteiger charge is 2.35. The van der Waals surface area contributed by atoms with Gasteiger partial charge in [0.1, 0.15) is 11.6 Å². The number of aromatic nitrogens is 2. The molecule has 1 heterocycles. The van der Waals surface area contributed by atoms with Crippen LogP contribution < -0.4 is 10.1 Å². The average molecular weight is 347 g/mol. The van der Waals surface area contributed by atoms with E-state index in [9.17, 15) is 13.2 Å². The highest BCUT2D eigenvalue weighted by atomic mass is 19.4. The molecule has 0 amide bonds. The van der Waals surface area contributed by atoms with Gasteiger partial charge in [-0.25, -0.2) is 9.97 Å². The summed E-state index contributed by atoms with van der Waals surface area (Å²) in [5.74, 6) is -0.617. The van der Waals surface area contributed by atoms with Gasteiger partial charge in [0.25, 0.3) is 0 Å². The topological polar surface area (TPSA) is 47.0 Å². The summed E-state index contributed by atoms with van der Waals surface area (Å²) in [5, 5.41) is 3.56. The molecule has 0 saturated heterocycles. The Labute approximate surface area is 142 Å². The molecule has 25 heavy (non-hydrogen) atoms. The minimum Gasteiger partial charge on any atom is -0.497 e. The van der Waals surface area contributed by atoms with Crippen molar-refractivity contribution < 1.29 is 17.9 Å². The standard InChI is InChI=1S/C18H16F3N3O/c1-11(12-6-4-3-5-7-12)22-16-14-9-8-13(25-2)10-15(14)23-17(24-16)18(19,20)21/h3-11H,1-2H3,(H,22,23,24). The van der Waals surface area contributed by atoms with Gasteiger partial charge in [0.2, 0.25) is 5.82 Å². The molecule has 1 aromatic heterocycles. The van der Waals surface area contributed by atoms with Gasteiger partial charge in [-0.05, 0) is 24.6 Å². The first-order valence-electron chi connectivity index (χ1n) is 7.63. The lowest BCUT2D eigenvalue weighted by Crippen LogP contribution is -2.15. The molecule has 2 aromatic carbocycles. The summed E-state index contributed by atoms with van der Waals surface area (Å²) in [4.78, 5) is 7.34. The second-order valence-corrected chi connectivity index (χ2v) is 5.55. The van der Waals surface area contributed by atoms with Gasteiger partial charge in [-0.2, -0.15) is 13.2 Å². The zero-order valence-electron chi connectivity index (χ0n) is 13.6. The number of methoxy groups -OCH3 is 1. The monoisotopic (exact) mass is 347 g/mol. The van der Waals surface area contributed by atoms with Crippen molar-refractivity contribution in [3.05, 3.63) is 59.9 Å². The Bertz CT molecular complexity index is 882. The van der Waals surface area contributed by atoms with Gasteiger partial charge in [-0.3, -0.25) is 0 Å². The molecule has 0 bridgehead atoms. The molecule has 0 fully saturated rings. The van der Waals surface area contributed by atoms with Crippen molar-refractivity contribution in [3.63, 3.8) is 0 Å². The van der Waals surface area contributed by atoms with Crippen LogP contribution in [-0.4, -0.2) is 17.1 Å². The molecular formula is C18H16F3N3O. The second-order valence-electron chi connectivity index (χ2n) is 5.55. The smallest absolute Gasteiger partial charge is 0.451 e. The minimum atomic E-state index is -4.64. The van der Waals surface area contributed by atoms with E-state index in [1.54, 1.807) is 12.1 Å². The van der Waals surface area contributed by atoms with Crippen LogP contribution in [0.2, 0.25) is 0 Å². The Morgan fingerprint density at radius 3 is 2.40 bits per heavy atom. The van der Waals surface area contributed by atoms with E-state index in [0.29, 0.717) is 11.1 Å². The first-order valence-corrected chi connectivity index (χ1v) is 7.63. The van der Waals surface area contributed by atoms with E-state index in [4.69, 9.17) is 4.74 Å². The van der Waals surface area contributed by atoms with Crippen LogP contribution in [0.5, 0.6) is 5.75 Å². The van der Waals surface area contributed by atoms with Crippen molar-refractivity contribution in [3.8, 4) is 5.75 Å². The number of benzene rings is 2. The number of nitrogens with zero attached hydrogens (tertiary/aromatic N) is 2. The van der Waals surface area contributed by atoms with Crippen LogP contribution in [0, 0.1) is 0 Å².